The number of para-hydroxylation sites is 1. The Labute approximate surface area is 142 Å². The molecule has 1 aromatic rings. The van der Waals surface area contributed by atoms with Gasteiger partial charge in [0.1, 0.15) is 5.75 Å². The third-order valence-electron chi connectivity index (χ3n) is 4.20. The summed E-state index contributed by atoms with van der Waals surface area (Å²) >= 11 is 1.44. The molecule has 0 saturated carbocycles. The number of amides is 1. The number of benzene rings is 1. The minimum absolute atomic E-state index is 0.00213. The van der Waals surface area contributed by atoms with Gasteiger partial charge in [-0.15, -0.1) is 11.8 Å². The van der Waals surface area contributed by atoms with Crippen molar-refractivity contribution in [2.75, 3.05) is 31.4 Å². The highest BCUT2D eigenvalue weighted by molar-refractivity contribution is 8.02. The Kier molecular flexibility index (Phi) is 5.97. The van der Waals surface area contributed by atoms with Gasteiger partial charge in [-0.25, -0.2) is 8.42 Å². The van der Waals surface area contributed by atoms with Gasteiger partial charge >= 0.3 is 0 Å². The van der Waals surface area contributed by atoms with Crippen LogP contribution in [0.5, 0.6) is 5.75 Å². The topological polar surface area (TPSA) is 63.7 Å². The molecule has 2 atom stereocenters. The molecule has 1 aliphatic rings. The first-order valence-electron chi connectivity index (χ1n) is 7.54. The fourth-order valence-electron chi connectivity index (χ4n) is 2.62. The van der Waals surface area contributed by atoms with Crippen LogP contribution in [-0.4, -0.2) is 55.9 Å². The van der Waals surface area contributed by atoms with Crippen molar-refractivity contribution in [3.8, 4) is 5.75 Å². The summed E-state index contributed by atoms with van der Waals surface area (Å²) in [6.45, 7) is 1.96. The maximum absolute atomic E-state index is 12.4. The predicted octanol–water partition coefficient (Wildman–Crippen LogP) is 2.13. The zero-order valence-corrected chi connectivity index (χ0v) is 15.3. The summed E-state index contributed by atoms with van der Waals surface area (Å²) in [5.74, 6) is 1.49. The van der Waals surface area contributed by atoms with Crippen LogP contribution < -0.4 is 4.74 Å². The summed E-state index contributed by atoms with van der Waals surface area (Å²) in [5.41, 5.74) is 0.958. The molecule has 1 amide bonds. The summed E-state index contributed by atoms with van der Waals surface area (Å²) in [7, 11) is 0.490. The maximum Gasteiger partial charge on any atom is 0.232 e. The number of carbonyl (C=O) groups excluding carboxylic acids is 1. The van der Waals surface area contributed by atoms with Crippen LogP contribution in [0, 0.1) is 0 Å². The number of methoxy groups -OCH3 is 1. The van der Waals surface area contributed by atoms with Crippen LogP contribution in [0.3, 0.4) is 0 Å². The summed E-state index contributed by atoms with van der Waals surface area (Å²) in [5, 5.41) is 0.0407. The van der Waals surface area contributed by atoms with E-state index in [0.29, 0.717) is 12.2 Å². The fourth-order valence-corrected chi connectivity index (χ4v) is 6.19. The van der Waals surface area contributed by atoms with Gasteiger partial charge in [-0.05, 0) is 19.4 Å². The number of nitrogens with zero attached hydrogens (tertiary/aromatic N) is 1. The van der Waals surface area contributed by atoms with E-state index in [1.165, 1.54) is 11.8 Å². The van der Waals surface area contributed by atoms with Crippen molar-refractivity contribution in [3.63, 3.8) is 0 Å². The van der Waals surface area contributed by atoms with E-state index >= 15 is 0 Å². The summed E-state index contributed by atoms with van der Waals surface area (Å²) in [4.78, 5) is 14.1. The van der Waals surface area contributed by atoms with Crippen molar-refractivity contribution < 1.29 is 17.9 Å². The monoisotopic (exact) mass is 357 g/mol. The number of hydrogen-bond donors (Lipinski definition) is 0. The molecule has 0 bridgehead atoms. The van der Waals surface area contributed by atoms with Gasteiger partial charge in [0.15, 0.2) is 9.84 Å². The van der Waals surface area contributed by atoms with E-state index < -0.39 is 9.84 Å². The Balaban J connectivity index is 1.94. The normalized spacial score (nSPS) is 20.9. The van der Waals surface area contributed by atoms with Gasteiger partial charge in [-0.1, -0.05) is 18.2 Å². The molecule has 0 unspecified atom stereocenters. The van der Waals surface area contributed by atoms with E-state index in [1.807, 2.05) is 31.2 Å². The highest BCUT2D eigenvalue weighted by atomic mass is 32.2. The molecule has 7 heteroatoms. The van der Waals surface area contributed by atoms with Gasteiger partial charge in [0.2, 0.25) is 5.91 Å². The van der Waals surface area contributed by atoms with Crippen molar-refractivity contribution in [2.24, 2.45) is 0 Å². The van der Waals surface area contributed by atoms with Crippen LogP contribution in [0.15, 0.2) is 24.3 Å². The first-order chi connectivity index (χ1) is 10.8. The molecule has 1 aliphatic heterocycles. The van der Waals surface area contributed by atoms with Crippen LogP contribution in [0.4, 0.5) is 0 Å². The van der Waals surface area contributed by atoms with Gasteiger partial charge in [-0.2, -0.15) is 0 Å². The quantitative estimate of drug-likeness (QED) is 0.780. The molecule has 0 spiro atoms. The van der Waals surface area contributed by atoms with E-state index in [1.54, 1.807) is 19.1 Å². The van der Waals surface area contributed by atoms with Crippen molar-refractivity contribution in [3.05, 3.63) is 29.8 Å². The molecule has 0 aliphatic carbocycles. The second-order valence-electron chi connectivity index (χ2n) is 5.76. The van der Waals surface area contributed by atoms with Crippen LogP contribution in [0.2, 0.25) is 0 Å². The second kappa shape index (κ2) is 7.57. The van der Waals surface area contributed by atoms with Crippen molar-refractivity contribution in [1.82, 2.24) is 4.90 Å². The lowest BCUT2D eigenvalue weighted by atomic mass is 10.1. The molecule has 1 heterocycles. The third kappa shape index (κ3) is 4.64. The van der Waals surface area contributed by atoms with Gasteiger partial charge in [0.25, 0.3) is 0 Å². The molecule has 2 rings (SSSR count). The third-order valence-corrected chi connectivity index (χ3v) is 7.46. The number of carbonyl (C=O) groups is 1. The lowest BCUT2D eigenvalue weighted by Gasteiger charge is -2.27. The molecular formula is C16H23NO4S2. The minimum atomic E-state index is -2.89. The van der Waals surface area contributed by atoms with Crippen LogP contribution in [0.25, 0.3) is 0 Å². The van der Waals surface area contributed by atoms with Gasteiger partial charge in [0, 0.05) is 17.9 Å². The molecule has 5 nitrogen and oxygen atoms in total. The first-order valence-corrected chi connectivity index (χ1v) is 10.4. The number of ether oxygens (including phenoxy) is 1. The molecule has 0 radical (unpaired) electrons. The minimum Gasteiger partial charge on any atom is -0.496 e. The lowest BCUT2D eigenvalue weighted by Crippen LogP contribution is -2.31. The van der Waals surface area contributed by atoms with Gasteiger partial charge in [0.05, 0.1) is 30.4 Å². The van der Waals surface area contributed by atoms with Crippen LogP contribution in [0.1, 0.15) is 24.9 Å². The van der Waals surface area contributed by atoms with Crippen molar-refractivity contribution >= 4 is 27.5 Å². The Morgan fingerprint density at radius 2 is 2.13 bits per heavy atom. The first kappa shape index (κ1) is 18.1. The summed E-state index contributed by atoms with van der Waals surface area (Å²) in [6.07, 6.45) is 0.645. The Hall–Kier alpha value is -1.21. The van der Waals surface area contributed by atoms with Crippen molar-refractivity contribution in [1.29, 1.82) is 0 Å². The zero-order chi connectivity index (χ0) is 17.0. The Bertz CT molecular complexity index is 660. The van der Waals surface area contributed by atoms with Crippen LogP contribution in [-0.2, 0) is 14.6 Å². The molecule has 1 fully saturated rings. The zero-order valence-electron chi connectivity index (χ0n) is 13.7. The van der Waals surface area contributed by atoms with E-state index in [4.69, 9.17) is 4.74 Å². The summed E-state index contributed by atoms with van der Waals surface area (Å²) < 4.78 is 28.3. The fraction of sp³-hybridized carbons (Fsp3) is 0.562. The average Bonchev–Trinajstić information content (AvgIpc) is 2.90. The predicted molar refractivity (Wildman–Crippen MR) is 93.7 cm³/mol. The second-order valence-corrected chi connectivity index (χ2v) is 9.28. The maximum atomic E-state index is 12.4. The number of rotatable bonds is 6. The standard InChI is InChI=1S/C16H23NO4S2/c1-12(14-6-4-5-7-15(14)21-3)17(2)16(18)10-22-13-8-9-23(19,20)11-13/h4-7,12-13H,8-11H2,1-3H3/t12-,13-/m1/s1. The molecule has 0 aromatic heterocycles. The van der Waals surface area contributed by atoms with E-state index in [9.17, 15) is 13.2 Å². The van der Waals surface area contributed by atoms with E-state index in [0.717, 1.165) is 11.3 Å². The highest BCUT2D eigenvalue weighted by Gasteiger charge is 2.29. The number of thioether (sulfide) groups is 1. The average molecular weight is 357 g/mol. The molecule has 128 valence electrons. The molecular weight excluding hydrogens is 334 g/mol. The summed E-state index contributed by atoms with van der Waals surface area (Å²) in [6, 6.07) is 7.54. The van der Waals surface area contributed by atoms with E-state index in [-0.39, 0.29) is 28.7 Å². The number of sulfone groups is 1. The van der Waals surface area contributed by atoms with E-state index in [2.05, 4.69) is 0 Å². The van der Waals surface area contributed by atoms with Gasteiger partial charge in [-0.3, -0.25) is 4.79 Å². The molecule has 23 heavy (non-hydrogen) atoms. The van der Waals surface area contributed by atoms with Crippen molar-refractivity contribution in [2.45, 2.75) is 24.6 Å². The molecule has 0 N–H and O–H groups in total. The largest absolute Gasteiger partial charge is 0.496 e. The smallest absolute Gasteiger partial charge is 0.232 e. The van der Waals surface area contributed by atoms with Crippen LogP contribution >= 0.6 is 11.8 Å². The number of hydrogen-bond acceptors (Lipinski definition) is 5. The lowest BCUT2D eigenvalue weighted by molar-refractivity contribution is -0.128. The highest BCUT2D eigenvalue weighted by Crippen LogP contribution is 2.29. The Morgan fingerprint density at radius 1 is 1.43 bits per heavy atom. The Morgan fingerprint density at radius 3 is 2.74 bits per heavy atom. The molecule has 1 aromatic carbocycles. The SMILES string of the molecule is COc1ccccc1[C@@H](C)N(C)C(=O)CS[C@@H]1CCS(=O)(=O)C1. The van der Waals surface area contributed by atoms with Gasteiger partial charge < -0.3 is 9.64 Å². The molecule has 1 saturated heterocycles.